The number of benzene rings is 1. The first-order valence-corrected chi connectivity index (χ1v) is 20.2. The van der Waals surface area contributed by atoms with Gasteiger partial charge in [0.05, 0.1) is 0 Å². The van der Waals surface area contributed by atoms with Gasteiger partial charge in [-0.1, -0.05) is 0 Å². The van der Waals surface area contributed by atoms with Crippen molar-refractivity contribution in [3.05, 3.63) is 45.6 Å². The molecule has 0 unspecified atom stereocenters. The van der Waals surface area contributed by atoms with E-state index in [-0.39, 0.29) is 0 Å². The van der Waals surface area contributed by atoms with Gasteiger partial charge >= 0.3 is 187 Å². The Morgan fingerprint density at radius 2 is 1.28 bits per heavy atom. The summed E-state index contributed by atoms with van der Waals surface area (Å²) >= 11 is -2.29. The van der Waals surface area contributed by atoms with Gasteiger partial charge in [0.2, 0.25) is 0 Å². The number of hydrogen-bond donors (Lipinski definition) is 0. The van der Waals surface area contributed by atoms with Gasteiger partial charge in [-0.05, 0) is 0 Å². The molecule has 0 aliphatic carbocycles. The second-order valence-corrected chi connectivity index (χ2v) is 21.7. The molecule has 162 valence electrons. The third-order valence-electron chi connectivity index (χ3n) is 6.01. The first-order chi connectivity index (χ1) is 14.2. The molecule has 0 aliphatic heterocycles. The molecule has 0 nitrogen and oxygen atoms in total. The first-order valence-electron chi connectivity index (χ1n) is 12.5. The number of rotatable bonds is 15. The molecule has 1 rings (SSSR count). The molecule has 0 saturated carbocycles. The summed E-state index contributed by atoms with van der Waals surface area (Å²) in [4.78, 5) is 0. The van der Waals surface area contributed by atoms with Crippen molar-refractivity contribution in [1.82, 2.24) is 0 Å². The molecule has 1 aromatic carbocycles. The van der Waals surface area contributed by atoms with Crippen LogP contribution in [0.15, 0.2) is 40.0 Å². The number of allylic oxidation sites excluding steroid dienone is 1. The Labute approximate surface area is 186 Å². The Kier molecular flexibility index (Phi) is 15.5. The normalized spacial score (nSPS) is 11.9. The van der Waals surface area contributed by atoms with Gasteiger partial charge in [-0.3, -0.25) is 0 Å². The average molecular weight is 501 g/mol. The van der Waals surface area contributed by atoms with Gasteiger partial charge in [-0.2, -0.15) is 0 Å². The van der Waals surface area contributed by atoms with E-state index in [0.717, 1.165) is 5.56 Å². The van der Waals surface area contributed by atoms with Crippen LogP contribution in [0.5, 0.6) is 0 Å². The standard InChI is InChI=1S/C16H19.3C4H9.Sn/c1-3-4-5-7-10-15(2)13-14-16-11-8-6-9-12-16;3*1-3-4-2;/h2,6,8-9,11-12H,3-5,7,10H2,1H3;3*1,3-4H2,2H3;. The summed E-state index contributed by atoms with van der Waals surface area (Å²) in [7, 11) is 0. The van der Waals surface area contributed by atoms with Gasteiger partial charge < -0.3 is 0 Å². The molecule has 0 atom stereocenters. The molecular formula is C28H46Sn. The van der Waals surface area contributed by atoms with Crippen LogP contribution in [0.25, 0.3) is 0 Å². The van der Waals surface area contributed by atoms with Crippen LogP contribution < -0.4 is 0 Å². The molecule has 1 heteroatoms. The van der Waals surface area contributed by atoms with Crippen molar-refractivity contribution >= 4 is 18.4 Å². The molecule has 0 saturated heterocycles. The fourth-order valence-corrected chi connectivity index (χ4v) is 19.3. The van der Waals surface area contributed by atoms with Crippen LogP contribution in [0.4, 0.5) is 0 Å². The van der Waals surface area contributed by atoms with E-state index in [0.29, 0.717) is 0 Å². The van der Waals surface area contributed by atoms with Gasteiger partial charge in [0.15, 0.2) is 0 Å². The summed E-state index contributed by atoms with van der Waals surface area (Å²) in [5, 5.41) is 0. The van der Waals surface area contributed by atoms with E-state index in [1.807, 2.05) is 0 Å². The van der Waals surface area contributed by atoms with E-state index in [1.54, 1.807) is 0 Å². The summed E-state index contributed by atoms with van der Waals surface area (Å²) in [5.74, 6) is 7.15. The van der Waals surface area contributed by atoms with Crippen LogP contribution in [0.2, 0.25) is 13.3 Å². The first kappa shape index (κ1) is 26.4. The second kappa shape index (κ2) is 17.0. The van der Waals surface area contributed by atoms with Crippen molar-refractivity contribution in [3.8, 4) is 11.8 Å². The van der Waals surface area contributed by atoms with Crippen molar-refractivity contribution in [2.75, 3.05) is 0 Å². The Morgan fingerprint density at radius 3 is 1.79 bits per heavy atom. The molecular weight excluding hydrogens is 455 g/mol. The third kappa shape index (κ3) is 11.9. The van der Waals surface area contributed by atoms with E-state index in [9.17, 15) is 0 Å². The molecule has 1 aromatic rings. The fraction of sp³-hybridized carbons (Fsp3) is 0.643. The monoisotopic (exact) mass is 502 g/mol. The van der Waals surface area contributed by atoms with Gasteiger partial charge in [0.1, 0.15) is 0 Å². The van der Waals surface area contributed by atoms with Crippen LogP contribution in [0, 0.1) is 11.8 Å². The van der Waals surface area contributed by atoms with Crippen molar-refractivity contribution in [2.45, 2.75) is 112 Å². The van der Waals surface area contributed by atoms with Crippen LogP contribution in [-0.4, -0.2) is 18.4 Å². The molecule has 29 heavy (non-hydrogen) atoms. The van der Waals surface area contributed by atoms with Gasteiger partial charge in [-0.25, -0.2) is 0 Å². The SMILES string of the molecule is CCCCCC/C(C#Cc1ccccc1)=[CH]/[Sn]([CH2]CCC)([CH2]CCC)[CH2]CCC. The molecule has 0 aliphatic rings. The zero-order chi connectivity index (χ0) is 21.2. The van der Waals surface area contributed by atoms with Crippen molar-refractivity contribution in [1.29, 1.82) is 0 Å². The fourth-order valence-electron chi connectivity index (χ4n) is 4.13. The van der Waals surface area contributed by atoms with E-state index in [2.05, 4.69) is 74.0 Å². The second-order valence-electron chi connectivity index (χ2n) is 8.77. The third-order valence-corrected chi connectivity index (χ3v) is 20.3. The van der Waals surface area contributed by atoms with Gasteiger partial charge in [0, 0.05) is 0 Å². The quantitative estimate of drug-likeness (QED) is 0.128. The molecule has 0 N–H and O–H groups in total. The minimum atomic E-state index is -2.29. The van der Waals surface area contributed by atoms with E-state index >= 15 is 0 Å². The van der Waals surface area contributed by atoms with E-state index in [1.165, 1.54) is 89.5 Å². The number of hydrogen-bond acceptors (Lipinski definition) is 0. The summed E-state index contributed by atoms with van der Waals surface area (Å²) < 4.78 is 7.47. The Balaban J connectivity index is 3.16. The van der Waals surface area contributed by atoms with Gasteiger partial charge in [-0.15, -0.1) is 0 Å². The van der Waals surface area contributed by atoms with E-state index in [4.69, 9.17) is 0 Å². The predicted octanol–water partition coefficient (Wildman–Crippen LogP) is 9.32. The summed E-state index contributed by atoms with van der Waals surface area (Å²) in [6.07, 6.45) is 14.8. The zero-order valence-corrected chi connectivity index (χ0v) is 22.7. The van der Waals surface area contributed by atoms with Crippen molar-refractivity contribution in [3.63, 3.8) is 0 Å². The van der Waals surface area contributed by atoms with Crippen LogP contribution in [0.1, 0.15) is 104 Å². The maximum absolute atomic E-state index is 3.66. The minimum absolute atomic E-state index is 1.16. The van der Waals surface area contributed by atoms with Gasteiger partial charge in [0.25, 0.3) is 0 Å². The molecule has 0 fully saturated rings. The molecule has 0 aromatic heterocycles. The van der Waals surface area contributed by atoms with Crippen LogP contribution in [0.3, 0.4) is 0 Å². The van der Waals surface area contributed by atoms with Crippen molar-refractivity contribution < 1.29 is 0 Å². The molecule has 0 heterocycles. The topological polar surface area (TPSA) is 0 Å². The van der Waals surface area contributed by atoms with Crippen LogP contribution in [-0.2, 0) is 0 Å². The Morgan fingerprint density at radius 1 is 0.724 bits per heavy atom. The summed E-state index contributed by atoms with van der Waals surface area (Å²) in [6, 6.07) is 10.6. The van der Waals surface area contributed by atoms with Crippen LogP contribution >= 0.6 is 0 Å². The Bertz CT molecular complexity index is 580. The summed E-state index contributed by atoms with van der Waals surface area (Å²) in [5.41, 5.74) is 2.65. The van der Waals surface area contributed by atoms with Crippen molar-refractivity contribution in [2.24, 2.45) is 0 Å². The molecule has 0 spiro atoms. The maximum atomic E-state index is 3.66. The molecule has 0 bridgehead atoms. The molecule has 0 radical (unpaired) electrons. The summed E-state index contributed by atoms with van der Waals surface area (Å²) in [6.45, 7) is 9.39. The Hall–Kier alpha value is -0.681. The van der Waals surface area contributed by atoms with E-state index < -0.39 is 18.4 Å². The predicted molar refractivity (Wildman–Crippen MR) is 135 cm³/mol. The zero-order valence-electron chi connectivity index (χ0n) is 19.9. The average Bonchev–Trinajstić information content (AvgIpc) is 2.76. The molecule has 0 amide bonds. The number of unbranched alkanes of at least 4 members (excludes halogenated alkanes) is 6.